The number of ketones is 1. The molecule has 0 aliphatic rings. The Morgan fingerprint density at radius 1 is 1.47 bits per heavy atom. The molecule has 1 heterocycles. The van der Waals surface area contributed by atoms with E-state index in [0.717, 1.165) is 16.9 Å². The fourth-order valence-electron chi connectivity index (χ4n) is 1.41. The number of carbonyl (C=O) groups is 1. The zero-order chi connectivity index (χ0) is 12.6. The summed E-state index contributed by atoms with van der Waals surface area (Å²) in [4.78, 5) is 12.6. The fraction of sp³-hybridized carbons (Fsp3) is 0.0833. The van der Waals surface area contributed by atoms with E-state index in [-0.39, 0.29) is 11.3 Å². The van der Waals surface area contributed by atoms with Crippen LogP contribution in [-0.4, -0.2) is 5.78 Å². The Balaban J connectivity index is 2.51. The molecule has 2 rings (SSSR count). The van der Waals surface area contributed by atoms with E-state index >= 15 is 0 Å². The highest BCUT2D eigenvalue weighted by molar-refractivity contribution is 9.10. The summed E-state index contributed by atoms with van der Waals surface area (Å²) in [6.07, 6.45) is 0. The first kappa shape index (κ1) is 12.7. The maximum Gasteiger partial charge on any atom is 0.207 e. The van der Waals surface area contributed by atoms with E-state index in [1.54, 1.807) is 18.2 Å². The topological polar surface area (TPSA) is 17.1 Å². The van der Waals surface area contributed by atoms with E-state index in [0.29, 0.717) is 13.7 Å². The van der Waals surface area contributed by atoms with E-state index in [1.807, 2.05) is 6.92 Å². The molecule has 0 N–H and O–H groups in total. The van der Waals surface area contributed by atoms with Gasteiger partial charge in [0.05, 0.1) is 14.8 Å². The van der Waals surface area contributed by atoms with Crippen molar-refractivity contribution in [2.45, 2.75) is 6.92 Å². The molecule has 1 aromatic heterocycles. The second-order valence-electron chi connectivity index (χ2n) is 3.49. The van der Waals surface area contributed by atoms with Crippen LogP contribution in [0.3, 0.4) is 0 Å². The van der Waals surface area contributed by atoms with Crippen molar-refractivity contribution in [1.29, 1.82) is 0 Å². The van der Waals surface area contributed by atoms with E-state index in [4.69, 9.17) is 11.6 Å². The Hall–Kier alpha value is -0.710. The van der Waals surface area contributed by atoms with Gasteiger partial charge in [-0.15, -0.1) is 11.3 Å². The maximum atomic E-state index is 13.6. The molecule has 0 amide bonds. The Bertz CT molecular complexity index is 554. The molecule has 0 saturated heterocycles. The van der Waals surface area contributed by atoms with E-state index in [1.165, 1.54) is 6.07 Å². The normalized spacial score (nSPS) is 10.6. The van der Waals surface area contributed by atoms with E-state index in [9.17, 15) is 9.18 Å². The lowest BCUT2D eigenvalue weighted by atomic mass is 10.1. The molecule has 5 heteroatoms. The number of carbonyl (C=O) groups excluding carboxylic acids is 1. The van der Waals surface area contributed by atoms with Crippen LogP contribution in [0, 0.1) is 12.7 Å². The average molecular weight is 334 g/mol. The summed E-state index contributed by atoms with van der Waals surface area (Å²) >= 11 is 10.2. The molecule has 0 aliphatic heterocycles. The van der Waals surface area contributed by atoms with Gasteiger partial charge in [-0.3, -0.25) is 4.79 Å². The molecule has 0 fully saturated rings. The van der Waals surface area contributed by atoms with E-state index in [2.05, 4.69) is 15.9 Å². The number of hydrogen-bond acceptors (Lipinski definition) is 2. The highest BCUT2D eigenvalue weighted by Gasteiger charge is 2.19. The van der Waals surface area contributed by atoms with Gasteiger partial charge in [-0.2, -0.15) is 0 Å². The SMILES string of the molecule is Cc1cc(C(=O)c2c(F)cccc2Br)sc1Cl. The summed E-state index contributed by atoms with van der Waals surface area (Å²) < 4.78 is 14.6. The number of hydrogen-bond donors (Lipinski definition) is 0. The number of aryl methyl sites for hydroxylation is 1. The first-order valence-corrected chi connectivity index (χ1v) is 6.74. The van der Waals surface area contributed by atoms with E-state index < -0.39 is 5.82 Å². The molecule has 88 valence electrons. The van der Waals surface area contributed by atoms with Crippen molar-refractivity contribution in [1.82, 2.24) is 0 Å². The zero-order valence-corrected chi connectivity index (χ0v) is 11.9. The molecule has 1 aromatic carbocycles. The standard InChI is InChI=1S/C12H7BrClFOS/c1-6-5-9(17-12(6)14)11(16)10-7(13)3-2-4-8(10)15/h2-5H,1H3. The fourth-order valence-corrected chi connectivity index (χ4v) is 3.08. The third kappa shape index (κ3) is 2.44. The van der Waals surface area contributed by atoms with Crippen LogP contribution in [0.4, 0.5) is 4.39 Å². The predicted molar refractivity (Wildman–Crippen MR) is 71.6 cm³/mol. The smallest absolute Gasteiger partial charge is 0.207 e. The molecular formula is C12H7BrClFOS. The van der Waals surface area contributed by atoms with Crippen molar-refractivity contribution >= 4 is 44.7 Å². The molecule has 0 spiro atoms. The van der Waals surface area contributed by atoms with Crippen molar-refractivity contribution in [2.24, 2.45) is 0 Å². The van der Waals surface area contributed by atoms with Gasteiger partial charge in [0.25, 0.3) is 0 Å². The number of rotatable bonds is 2. The van der Waals surface area contributed by atoms with Gasteiger partial charge in [-0.05, 0) is 46.6 Å². The second-order valence-corrected chi connectivity index (χ2v) is 6.00. The summed E-state index contributed by atoms with van der Waals surface area (Å²) in [6, 6.07) is 6.12. The Labute approximate surface area is 115 Å². The molecule has 1 nitrogen and oxygen atoms in total. The van der Waals surface area contributed by atoms with Gasteiger partial charge in [-0.25, -0.2) is 4.39 Å². The van der Waals surface area contributed by atoms with Gasteiger partial charge in [0, 0.05) is 4.47 Å². The first-order chi connectivity index (χ1) is 8.00. The molecule has 0 radical (unpaired) electrons. The minimum atomic E-state index is -0.536. The zero-order valence-electron chi connectivity index (χ0n) is 8.76. The minimum absolute atomic E-state index is 0.0467. The van der Waals surface area contributed by atoms with Crippen molar-refractivity contribution in [2.75, 3.05) is 0 Å². The highest BCUT2D eigenvalue weighted by atomic mass is 79.9. The van der Waals surface area contributed by atoms with Crippen LogP contribution < -0.4 is 0 Å². The summed E-state index contributed by atoms with van der Waals surface area (Å²) in [7, 11) is 0. The third-order valence-electron chi connectivity index (χ3n) is 2.27. The monoisotopic (exact) mass is 332 g/mol. The van der Waals surface area contributed by atoms with Crippen molar-refractivity contribution in [3.05, 3.63) is 54.9 Å². The van der Waals surface area contributed by atoms with Gasteiger partial charge in [-0.1, -0.05) is 17.7 Å². The summed E-state index contributed by atoms with van der Waals surface area (Å²) in [5.74, 6) is -0.887. The molecule has 0 saturated carbocycles. The van der Waals surface area contributed by atoms with Crippen LogP contribution in [0.15, 0.2) is 28.7 Å². The van der Waals surface area contributed by atoms with Gasteiger partial charge in [0.2, 0.25) is 5.78 Å². The van der Waals surface area contributed by atoms with Crippen LogP contribution in [0.25, 0.3) is 0 Å². The summed E-state index contributed by atoms with van der Waals surface area (Å²) in [5.41, 5.74) is 0.873. The molecule has 0 atom stereocenters. The highest BCUT2D eigenvalue weighted by Crippen LogP contribution is 2.31. The van der Waals surface area contributed by atoms with Crippen LogP contribution in [-0.2, 0) is 0 Å². The third-order valence-corrected chi connectivity index (χ3v) is 4.49. The van der Waals surface area contributed by atoms with Crippen molar-refractivity contribution in [3.8, 4) is 0 Å². The van der Waals surface area contributed by atoms with Gasteiger partial charge < -0.3 is 0 Å². The van der Waals surface area contributed by atoms with Crippen LogP contribution >= 0.6 is 38.9 Å². The lowest BCUT2D eigenvalue weighted by molar-refractivity contribution is 0.103. The summed E-state index contributed by atoms with van der Waals surface area (Å²) in [6.45, 7) is 1.81. The number of halogens is 3. The molecule has 2 aromatic rings. The van der Waals surface area contributed by atoms with Crippen LogP contribution in [0.2, 0.25) is 4.34 Å². The van der Waals surface area contributed by atoms with Crippen molar-refractivity contribution < 1.29 is 9.18 Å². The predicted octanol–water partition coefficient (Wildman–Crippen LogP) is 4.84. The Morgan fingerprint density at radius 2 is 2.18 bits per heavy atom. The number of thiophene rings is 1. The Morgan fingerprint density at radius 3 is 2.71 bits per heavy atom. The molecule has 0 aliphatic carbocycles. The maximum absolute atomic E-state index is 13.6. The first-order valence-electron chi connectivity index (χ1n) is 4.75. The largest absolute Gasteiger partial charge is 0.288 e. The number of benzene rings is 1. The van der Waals surface area contributed by atoms with Gasteiger partial charge >= 0.3 is 0 Å². The molecular weight excluding hydrogens is 327 g/mol. The molecule has 0 bridgehead atoms. The quantitative estimate of drug-likeness (QED) is 0.719. The van der Waals surface area contributed by atoms with Gasteiger partial charge in [0.15, 0.2) is 0 Å². The molecule has 0 unspecified atom stereocenters. The lowest BCUT2D eigenvalue weighted by Crippen LogP contribution is -2.03. The van der Waals surface area contributed by atoms with Crippen LogP contribution in [0.1, 0.15) is 20.8 Å². The van der Waals surface area contributed by atoms with Crippen molar-refractivity contribution in [3.63, 3.8) is 0 Å². The molecule has 17 heavy (non-hydrogen) atoms. The Kier molecular flexibility index (Phi) is 3.66. The lowest BCUT2D eigenvalue weighted by Gasteiger charge is -2.02. The van der Waals surface area contributed by atoms with Crippen LogP contribution in [0.5, 0.6) is 0 Å². The minimum Gasteiger partial charge on any atom is -0.288 e. The summed E-state index contributed by atoms with van der Waals surface area (Å²) in [5, 5.41) is 0. The second kappa shape index (κ2) is 4.88. The van der Waals surface area contributed by atoms with Gasteiger partial charge in [0.1, 0.15) is 5.82 Å². The average Bonchev–Trinajstić information content (AvgIpc) is 2.59.